The summed E-state index contributed by atoms with van der Waals surface area (Å²) < 4.78 is 11.0. The van der Waals surface area contributed by atoms with Crippen molar-refractivity contribution in [1.29, 1.82) is 0 Å². The molecule has 1 fully saturated rings. The predicted molar refractivity (Wildman–Crippen MR) is 72.1 cm³/mol. The molecule has 0 aromatic heterocycles. The lowest BCUT2D eigenvalue weighted by Gasteiger charge is -2.14. The van der Waals surface area contributed by atoms with E-state index >= 15 is 0 Å². The number of ether oxygens (including phenoxy) is 2. The molecule has 0 radical (unpaired) electrons. The summed E-state index contributed by atoms with van der Waals surface area (Å²) in [7, 11) is 0. The molecule has 3 rings (SSSR count). The van der Waals surface area contributed by atoms with E-state index in [0.717, 1.165) is 18.7 Å². The van der Waals surface area contributed by atoms with Crippen LogP contribution in [0.2, 0.25) is 0 Å². The van der Waals surface area contributed by atoms with E-state index in [1.54, 1.807) is 6.07 Å². The summed E-state index contributed by atoms with van der Waals surface area (Å²) in [5, 5.41) is 0. The van der Waals surface area contributed by atoms with Crippen LogP contribution in [-0.4, -0.2) is 43.5 Å². The van der Waals surface area contributed by atoms with Gasteiger partial charge in [-0.2, -0.15) is 0 Å². The Morgan fingerprint density at radius 1 is 1.26 bits per heavy atom. The number of carbonyl (C=O) groups excluding carboxylic acids is 1. The van der Waals surface area contributed by atoms with Crippen molar-refractivity contribution in [3.8, 4) is 11.5 Å². The number of Topliss-reactive ketones (excluding diaryl/α,β-unsaturated/α-hetero) is 1. The number of fused-ring (bicyclic) bond motifs is 1. The van der Waals surface area contributed by atoms with Gasteiger partial charge in [-0.15, -0.1) is 0 Å². The summed E-state index contributed by atoms with van der Waals surface area (Å²) in [5.74, 6) is 1.49. The molecule has 2 heterocycles. The van der Waals surface area contributed by atoms with E-state index in [1.165, 1.54) is 25.9 Å². The molecule has 0 unspecified atom stereocenters. The van der Waals surface area contributed by atoms with E-state index in [0.29, 0.717) is 17.9 Å². The summed E-state index contributed by atoms with van der Waals surface area (Å²) in [6.45, 7) is 4.44. The van der Waals surface area contributed by atoms with E-state index in [4.69, 9.17) is 9.47 Å². The van der Waals surface area contributed by atoms with Crippen LogP contribution in [0.25, 0.3) is 0 Å². The van der Waals surface area contributed by atoms with Crippen LogP contribution in [0.1, 0.15) is 29.6 Å². The van der Waals surface area contributed by atoms with Gasteiger partial charge in [-0.3, -0.25) is 4.79 Å². The molecule has 4 heteroatoms. The third-order valence-corrected chi connectivity index (χ3v) is 3.70. The van der Waals surface area contributed by atoms with Crippen molar-refractivity contribution in [3.05, 3.63) is 23.8 Å². The van der Waals surface area contributed by atoms with Crippen molar-refractivity contribution in [2.24, 2.45) is 0 Å². The van der Waals surface area contributed by atoms with E-state index < -0.39 is 0 Å². The minimum absolute atomic E-state index is 0.0515. The molecule has 19 heavy (non-hydrogen) atoms. The van der Waals surface area contributed by atoms with Crippen LogP contribution >= 0.6 is 0 Å². The first kappa shape index (κ1) is 12.5. The van der Waals surface area contributed by atoms with Crippen LogP contribution in [-0.2, 0) is 0 Å². The van der Waals surface area contributed by atoms with Crippen LogP contribution in [0.5, 0.6) is 11.5 Å². The van der Waals surface area contributed by atoms with Gasteiger partial charge >= 0.3 is 0 Å². The minimum atomic E-state index is 0.0515. The molecule has 0 N–H and O–H groups in total. The number of carbonyl (C=O) groups is 1. The Bertz CT molecular complexity index is 466. The molecular formula is C15H19NO3. The number of benzene rings is 1. The summed E-state index contributed by atoms with van der Waals surface area (Å²) in [4.78, 5) is 13.9. The average molecular weight is 261 g/mol. The van der Waals surface area contributed by atoms with Gasteiger partial charge < -0.3 is 14.4 Å². The van der Waals surface area contributed by atoms with Gasteiger partial charge in [0.25, 0.3) is 0 Å². The number of likely N-dealkylation sites (tertiary alicyclic amines) is 1. The number of hydrogen-bond donors (Lipinski definition) is 0. The lowest BCUT2D eigenvalue weighted by atomic mass is 10.1. The molecule has 0 atom stereocenters. The number of ketones is 1. The third kappa shape index (κ3) is 2.89. The maximum atomic E-state index is 11.4. The first-order chi connectivity index (χ1) is 9.33. The molecule has 0 saturated carbocycles. The highest BCUT2D eigenvalue weighted by Gasteiger charge is 2.21. The highest BCUT2D eigenvalue weighted by molar-refractivity contribution is 6.02. The van der Waals surface area contributed by atoms with Gasteiger partial charge in [-0.1, -0.05) is 0 Å². The Balaban J connectivity index is 1.46. The summed E-state index contributed by atoms with van der Waals surface area (Å²) in [5.41, 5.74) is 0.671. The van der Waals surface area contributed by atoms with Crippen molar-refractivity contribution >= 4 is 5.78 Å². The first-order valence-corrected chi connectivity index (χ1v) is 6.98. The van der Waals surface area contributed by atoms with Crippen LogP contribution < -0.4 is 9.47 Å². The second-order valence-electron chi connectivity index (χ2n) is 5.12. The van der Waals surface area contributed by atoms with Crippen molar-refractivity contribution in [1.82, 2.24) is 4.90 Å². The van der Waals surface area contributed by atoms with Gasteiger partial charge in [-0.25, -0.2) is 0 Å². The largest absolute Gasteiger partial charge is 0.493 e. The van der Waals surface area contributed by atoms with Gasteiger partial charge in [0, 0.05) is 12.6 Å². The van der Waals surface area contributed by atoms with Crippen molar-refractivity contribution in [2.75, 3.05) is 32.8 Å². The minimum Gasteiger partial charge on any atom is -0.493 e. The number of rotatable bonds is 5. The van der Waals surface area contributed by atoms with Crippen LogP contribution in [0.3, 0.4) is 0 Å². The lowest BCUT2D eigenvalue weighted by molar-refractivity contribution is 0.0961. The van der Waals surface area contributed by atoms with E-state index in [2.05, 4.69) is 4.90 Å². The monoisotopic (exact) mass is 261 g/mol. The van der Waals surface area contributed by atoms with Crippen LogP contribution in [0.15, 0.2) is 18.2 Å². The zero-order valence-corrected chi connectivity index (χ0v) is 11.1. The fraction of sp³-hybridized carbons (Fsp3) is 0.533. The standard InChI is InChI=1S/C15H19NO3/c17-14-11-19-15-10-12(4-5-13(14)15)18-9-3-8-16-6-1-2-7-16/h4-5,10H,1-3,6-9,11H2. The maximum Gasteiger partial charge on any atom is 0.203 e. The molecule has 4 nitrogen and oxygen atoms in total. The van der Waals surface area contributed by atoms with Crippen molar-refractivity contribution in [2.45, 2.75) is 19.3 Å². The maximum absolute atomic E-state index is 11.4. The number of hydrogen-bond acceptors (Lipinski definition) is 4. The fourth-order valence-electron chi connectivity index (χ4n) is 2.65. The molecule has 2 aliphatic rings. The topological polar surface area (TPSA) is 38.8 Å². The third-order valence-electron chi connectivity index (χ3n) is 3.70. The van der Waals surface area contributed by atoms with Gasteiger partial charge in [0.1, 0.15) is 11.5 Å². The Morgan fingerprint density at radius 3 is 2.95 bits per heavy atom. The fourth-order valence-corrected chi connectivity index (χ4v) is 2.65. The second kappa shape index (κ2) is 5.61. The predicted octanol–water partition coefficient (Wildman–Crippen LogP) is 2.13. The molecule has 0 aliphatic carbocycles. The quantitative estimate of drug-likeness (QED) is 0.761. The van der Waals surface area contributed by atoms with Crippen LogP contribution in [0, 0.1) is 0 Å². The summed E-state index contributed by atoms with van der Waals surface area (Å²) in [6.07, 6.45) is 3.70. The zero-order valence-electron chi connectivity index (χ0n) is 11.1. The first-order valence-electron chi connectivity index (χ1n) is 6.98. The van der Waals surface area contributed by atoms with Gasteiger partial charge in [0.05, 0.1) is 12.2 Å². The van der Waals surface area contributed by atoms with Gasteiger partial charge in [-0.05, 0) is 44.5 Å². The second-order valence-corrected chi connectivity index (χ2v) is 5.12. The summed E-state index contributed by atoms with van der Waals surface area (Å²) >= 11 is 0. The molecular weight excluding hydrogens is 242 g/mol. The zero-order chi connectivity index (χ0) is 13.1. The molecule has 1 aromatic carbocycles. The Kier molecular flexibility index (Phi) is 3.69. The lowest BCUT2D eigenvalue weighted by Crippen LogP contribution is -2.21. The van der Waals surface area contributed by atoms with Gasteiger partial charge in [0.2, 0.25) is 5.78 Å². The Morgan fingerprint density at radius 2 is 2.11 bits per heavy atom. The smallest absolute Gasteiger partial charge is 0.203 e. The normalized spacial score (nSPS) is 18.4. The number of nitrogens with zero attached hydrogens (tertiary/aromatic N) is 1. The summed E-state index contributed by atoms with van der Waals surface area (Å²) in [6, 6.07) is 5.46. The van der Waals surface area contributed by atoms with Crippen LogP contribution in [0.4, 0.5) is 0 Å². The molecule has 0 bridgehead atoms. The highest BCUT2D eigenvalue weighted by Crippen LogP contribution is 2.29. The molecule has 0 amide bonds. The molecule has 1 saturated heterocycles. The van der Waals surface area contributed by atoms with Gasteiger partial charge in [0.15, 0.2) is 6.61 Å². The van der Waals surface area contributed by atoms with E-state index in [9.17, 15) is 4.79 Å². The molecule has 102 valence electrons. The molecule has 1 aromatic rings. The molecule has 0 spiro atoms. The average Bonchev–Trinajstić information content (AvgIpc) is 3.05. The molecule has 2 aliphatic heterocycles. The Hall–Kier alpha value is -1.55. The highest BCUT2D eigenvalue weighted by atomic mass is 16.5. The van der Waals surface area contributed by atoms with E-state index in [-0.39, 0.29) is 12.4 Å². The Labute approximate surface area is 113 Å². The van der Waals surface area contributed by atoms with Crippen molar-refractivity contribution in [3.63, 3.8) is 0 Å². The van der Waals surface area contributed by atoms with Crippen molar-refractivity contribution < 1.29 is 14.3 Å². The van der Waals surface area contributed by atoms with E-state index in [1.807, 2.05) is 12.1 Å². The SMILES string of the molecule is O=C1COc2cc(OCCCN3CCCC3)ccc21.